The van der Waals surface area contributed by atoms with E-state index in [2.05, 4.69) is 4.74 Å². The molecule has 0 saturated carbocycles. The van der Waals surface area contributed by atoms with E-state index < -0.39 is 11.9 Å². The molecule has 3 atom stereocenters. The fourth-order valence-electron chi connectivity index (χ4n) is 1.60. The van der Waals surface area contributed by atoms with Crippen LogP contribution >= 0.6 is 11.8 Å². The number of rotatable bonds is 2. The van der Waals surface area contributed by atoms with Crippen LogP contribution in [0.25, 0.3) is 0 Å². The fraction of sp³-hybridized carbons (Fsp3) is 0.889. The number of thioether (sulfide) groups is 1. The molecule has 2 aliphatic heterocycles. The minimum Gasteiger partial charge on any atom is -0.467 e. The third-order valence-corrected chi connectivity index (χ3v) is 3.27. The van der Waals surface area contributed by atoms with Crippen molar-refractivity contribution < 1.29 is 19.0 Å². The summed E-state index contributed by atoms with van der Waals surface area (Å²) < 4.78 is 15.9. The van der Waals surface area contributed by atoms with Crippen LogP contribution < -0.4 is 0 Å². The minimum absolute atomic E-state index is 0.151. The van der Waals surface area contributed by atoms with E-state index in [1.54, 1.807) is 11.8 Å². The molecule has 2 rings (SSSR count). The van der Waals surface area contributed by atoms with E-state index in [0.29, 0.717) is 5.25 Å². The third kappa shape index (κ3) is 1.89. The van der Waals surface area contributed by atoms with Crippen LogP contribution in [0.5, 0.6) is 0 Å². The van der Waals surface area contributed by atoms with E-state index in [9.17, 15) is 4.79 Å². The Morgan fingerprint density at radius 1 is 1.50 bits per heavy atom. The zero-order valence-corrected chi connectivity index (χ0v) is 9.30. The zero-order valence-electron chi connectivity index (χ0n) is 8.48. The van der Waals surface area contributed by atoms with Crippen molar-refractivity contribution in [3.05, 3.63) is 0 Å². The maximum atomic E-state index is 11.4. The summed E-state index contributed by atoms with van der Waals surface area (Å²) in [7, 11) is 1.37. The highest BCUT2D eigenvalue weighted by atomic mass is 32.2. The van der Waals surface area contributed by atoms with Gasteiger partial charge in [0.25, 0.3) is 0 Å². The molecule has 0 N–H and O–H groups in total. The molecule has 0 unspecified atom stereocenters. The van der Waals surface area contributed by atoms with Crippen molar-refractivity contribution in [1.29, 1.82) is 0 Å². The Morgan fingerprint density at radius 3 is 2.64 bits per heavy atom. The Bertz CT molecular complexity index is 249. The molecule has 4 nitrogen and oxygen atoms in total. The highest BCUT2D eigenvalue weighted by Gasteiger charge is 2.52. The summed E-state index contributed by atoms with van der Waals surface area (Å²) in [5.74, 6) is 0.0256. The van der Waals surface area contributed by atoms with E-state index in [-0.39, 0.29) is 12.1 Å². The van der Waals surface area contributed by atoms with Crippen molar-refractivity contribution in [3.8, 4) is 0 Å². The Morgan fingerprint density at radius 2 is 2.14 bits per heavy atom. The van der Waals surface area contributed by atoms with Crippen LogP contribution in [-0.4, -0.2) is 42.1 Å². The van der Waals surface area contributed by atoms with E-state index in [0.717, 1.165) is 5.75 Å². The lowest BCUT2D eigenvalue weighted by atomic mass is 10.1. The van der Waals surface area contributed by atoms with Crippen LogP contribution in [0.2, 0.25) is 0 Å². The van der Waals surface area contributed by atoms with Gasteiger partial charge in [0.2, 0.25) is 0 Å². The first kappa shape index (κ1) is 10.3. The van der Waals surface area contributed by atoms with Gasteiger partial charge in [-0.25, -0.2) is 4.79 Å². The summed E-state index contributed by atoms with van der Waals surface area (Å²) in [6, 6.07) is 0. The molecule has 0 aromatic heterocycles. The first-order valence-corrected chi connectivity index (χ1v) is 5.63. The lowest BCUT2D eigenvalue weighted by Crippen LogP contribution is -2.35. The van der Waals surface area contributed by atoms with Gasteiger partial charge in [0.15, 0.2) is 11.9 Å². The van der Waals surface area contributed by atoms with Gasteiger partial charge < -0.3 is 14.2 Å². The van der Waals surface area contributed by atoms with E-state index in [4.69, 9.17) is 9.47 Å². The lowest BCUT2D eigenvalue weighted by molar-refractivity contribution is -0.168. The van der Waals surface area contributed by atoms with Gasteiger partial charge in [-0.15, -0.1) is 0 Å². The standard InChI is InChI=1S/C9H14O4S/c1-9(2)12-6(5-4-14-5)7(13-9)8(10)11-3/h5-7H,4H2,1-3H3/t5-,6-,7-/m0/s1. The van der Waals surface area contributed by atoms with Gasteiger partial charge >= 0.3 is 5.97 Å². The molecule has 0 aromatic rings. The quantitative estimate of drug-likeness (QED) is 0.506. The van der Waals surface area contributed by atoms with E-state index in [1.807, 2.05) is 13.8 Å². The molecule has 14 heavy (non-hydrogen) atoms. The summed E-state index contributed by atoms with van der Waals surface area (Å²) in [6.07, 6.45) is -0.711. The monoisotopic (exact) mass is 218 g/mol. The van der Waals surface area contributed by atoms with Gasteiger partial charge in [-0.2, -0.15) is 11.8 Å². The Hall–Kier alpha value is -0.260. The molecule has 0 radical (unpaired) electrons. The molecular weight excluding hydrogens is 204 g/mol. The normalized spacial score (nSPS) is 39.5. The summed E-state index contributed by atoms with van der Waals surface area (Å²) in [5.41, 5.74) is 0. The molecule has 0 aliphatic carbocycles. The summed E-state index contributed by atoms with van der Waals surface area (Å²) in [4.78, 5) is 11.4. The molecular formula is C9H14O4S. The second kappa shape index (κ2) is 3.40. The SMILES string of the molecule is COC(=O)[C@H]1OC(C)(C)O[C@H]1[C@@H]1CS1. The number of esters is 1. The van der Waals surface area contributed by atoms with E-state index in [1.165, 1.54) is 7.11 Å². The average molecular weight is 218 g/mol. The van der Waals surface area contributed by atoms with Gasteiger partial charge in [-0.05, 0) is 13.8 Å². The number of hydrogen-bond donors (Lipinski definition) is 0. The van der Waals surface area contributed by atoms with Gasteiger partial charge in [0.05, 0.1) is 7.11 Å². The molecule has 2 saturated heterocycles. The molecule has 2 fully saturated rings. The predicted octanol–water partition coefficient (Wildman–Crippen LogP) is 0.795. The lowest BCUT2D eigenvalue weighted by Gasteiger charge is -2.16. The fourth-order valence-corrected chi connectivity index (χ4v) is 2.29. The number of ether oxygens (including phenoxy) is 3. The van der Waals surface area contributed by atoms with Crippen LogP contribution in [0.3, 0.4) is 0 Å². The van der Waals surface area contributed by atoms with Gasteiger partial charge in [0, 0.05) is 11.0 Å². The second-order valence-corrected chi connectivity index (χ2v) is 5.19. The second-order valence-electron chi connectivity index (χ2n) is 3.92. The molecule has 0 amide bonds. The molecule has 0 spiro atoms. The number of carbonyl (C=O) groups is 1. The summed E-state index contributed by atoms with van der Waals surface area (Å²) in [6.45, 7) is 3.63. The Kier molecular flexibility index (Phi) is 2.49. The molecule has 0 aromatic carbocycles. The zero-order chi connectivity index (χ0) is 10.3. The maximum absolute atomic E-state index is 11.4. The minimum atomic E-state index is -0.674. The Labute approximate surface area is 87.3 Å². The molecule has 5 heteroatoms. The van der Waals surface area contributed by atoms with Crippen molar-refractivity contribution in [2.45, 2.75) is 37.1 Å². The first-order chi connectivity index (χ1) is 6.53. The maximum Gasteiger partial charge on any atom is 0.337 e. The highest BCUT2D eigenvalue weighted by Crippen LogP contribution is 2.42. The van der Waals surface area contributed by atoms with Crippen LogP contribution in [-0.2, 0) is 19.0 Å². The number of methoxy groups -OCH3 is 1. The van der Waals surface area contributed by atoms with Gasteiger partial charge in [-0.3, -0.25) is 0 Å². The van der Waals surface area contributed by atoms with Crippen molar-refractivity contribution in [3.63, 3.8) is 0 Å². The Balaban J connectivity index is 2.09. The van der Waals surface area contributed by atoms with Crippen molar-refractivity contribution in [2.75, 3.05) is 12.9 Å². The molecule has 0 bridgehead atoms. The number of hydrogen-bond acceptors (Lipinski definition) is 5. The summed E-state index contributed by atoms with van der Waals surface area (Å²) >= 11 is 1.79. The van der Waals surface area contributed by atoms with Crippen LogP contribution in [0, 0.1) is 0 Å². The predicted molar refractivity (Wildman–Crippen MR) is 52.1 cm³/mol. The van der Waals surface area contributed by atoms with E-state index >= 15 is 0 Å². The summed E-state index contributed by atoms with van der Waals surface area (Å²) in [5, 5.41) is 0.390. The van der Waals surface area contributed by atoms with Crippen molar-refractivity contribution in [1.82, 2.24) is 0 Å². The topological polar surface area (TPSA) is 44.8 Å². The smallest absolute Gasteiger partial charge is 0.337 e. The first-order valence-electron chi connectivity index (χ1n) is 4.58. The van der Waals surface area contributed by atoms with Crippen LogP contribution in [0.4, 0.5) is 0 Å². The van der Waals surface area contributed by atoms with Crippen molar-refractivity contribution >= 4 is 17.7 Å². The molecule has 2 aliphatic rings. The van der Waals surface area contributed by atoms with Crippen molar-refractivity contribution in [2.24, 2.45) is 0 Å². The van der Waals surface area contributed by atoms with Crippen LogP contribution in [0.1, 0.15) is 13.8 Å². The average Bonchev–Trinajstić information content (AvgIpc) is 2.89. The largest absolute Gasteiger partial charge is 0.467 e. The van der Waals surface area contributed by atoms with Gasteiger partial charge in [-0.1, -0.05) is 0 Å². The van der Waals surface area contributed by atoms with Crippen LogP contribution in [0.15, 0.2) is 0 Å². The van der Waals surface area contributed by atoms with Gasteiger partial charge in [0.1, 0.15) is 6.10 Å². The molecule has 80 valence electrons. The number of carbonyl (C=O) groups excluding carboxylic acids is 1. The highest BCUT2D eigenvalue weighted by molar-refractivity contribution is 8.06. The molecule has 2 heterocycles. The third-order valence-electron chi connectivity index (χ3n) is 2.29.